The lowest BCUT2D eigenvalue weighted by atomic mass is 9.93. The molecule has 3 heteroatoms. The van der Waals surface area contributed by atoms with Crippen LogP contribution in [0.15, 0.2) is 22.8 Å². The van der Waals surface area contributed by atoms with Crippen LogP contribution in [0.3, 0.4) is 0 Å². The first-order valence-electron chi connectivity index (χ1n) is 8.80. The predicted octanol–water partition coefficient (Wildman–Crippen LogP) is 4.72. The van der Waals surface area contributed by atoms with Crippen LogP contribution in [0, 0.1) is 0 Å². The summed E-state index contributed by atoms with van der Waals surface area (Å²) in [6.07, 6.45) is 16.2. The van der Waals surface area contributed by atoms with Crippen molar-refractivity contribution in [2.45, 2.75) is 77.2 Å². The Hall–Kier alpha value is -1.09. The van der Waals surface area contributed by atoms with E-state index in [2.05, 4.69) is 22.5 Å². The second kappa shape index (κ2) is 9.14. The van der Waals surface area contributed by atoms with E-state index in [9.17, 15) is 4.79 Å². The summed E-state index contributed by atoms with van der Waals surface area (Å²) < 4.78 is 8.90. The molecule has 2 aliphatic carbocycles. The molecule has 1 atom stereocenters. The molecule has 124 valence electrons. The number of ether oxygens (including phenoxy) is 2. The maximum absolute atomic E-state index is 10.2. The van der Waals surface area contributed by atoms with Crippen molar-refractivity contribution in [1.29, 1.82) is 0 Å². The lowest BCUT2D eigenvalue weighted by Gasteiger charge is -2.12. The Morgan fingerprint density at radius 2 is 1.77 bits per heavy atom. The van der Waals surface area contributed by atoms with Crippen LogP contribution < -0.4 is 0 Å². The van der Waals surface area contributed by atoms with Crippen LogP contribution in [0.25, 0.3) is 0 Å². The van der Waals surface area contributed by atoms with Gasteiger partial charge in [0.1, 0.15) is 0 Å². The van der Waals surface area contributed by atoms with Crippen molar-refractivity contribution >= 4 is 5.97 Å². The molecule has 3 rings (SSSR count). The summed E-state index contributed by atoms with van der Waals surface area (Å²) >= 11 is 0. The number of hydrogen-bond donors (Lipinski definition) is 0. The minimum atomic E-state index is -0.264. The van der Waals surface area contributed by atoms with E-state index in [1.165, 1.54) is 71.3 Å². The lowest BCUT2D eigenvalue weighted by molar-refractivity contribution is -0.142. The highest BCUT2D eigenvalue weighted by Crippen LogP contribution is 2.32. The number of epoxide rings is 1. The van der Waals surface area contributed by atoms with Crippen LogP contribution in [0.1, 0.15) is 71.1 Å². The van der Waals surface area contributed by atoms with Crippen LogP contribution >= 0.6 is 0 Å². The van der Waals surface area contributed by atoms with Gasteiger partial charge in [0.15, 0.2) is 6.10 Å². The molecule has 0 aromatic rings. The molecule has 3 aliphatic rings. The van der Waals surface area contributed by atoms with Gasteiger partial charge in [0.05, 0.1) is 13.7 Å². The zero-order valence-corrected chi connectivity index (χ0v) is 14.2. The molecule has 0 aromatic carbocycles. The van der Waals surface area contributed by atoms with Gasteiger partial charge in [0.2, 0.25) is 0 Å². The second-order valence-electron chi connectivity index (χ2n) is 6.49. The van der Waals surface area contributed by atoms with Crippen molar-refractivity contribution < 1.29 is 14.3 Å². The quantitative estimate of drug-likeness (QED) is 0.547. The first-order chi connectivity index (χ1) is 10.7. The van der Waals surface area contributed by atoms with Crippen LogP contribution in [-0.4, -0.2) is 25.8 Å². The lowest BCUT2D eigenvalue weighted by Crippen LogP contribution is -2.07. The molecule has 1 fully saturated rings. The zero-order chi connectivity index (χ0) is 15.8. The van der Waals surface area contributed by atoms with Gasteiger partial charge in [-0.15, -0.1) is 0 Å². The average molecular weight is 306 g/mol. The summed E-state index contributed by atoms with van der Waals surface area (Å²) in [7, 11) is 1.35. The highest BCUT2D eigenvalue weighted by atomic mass is 16.6. The molecule has 3 nitrogen and oxygen atoms in total. The SMILES string of the molecule is CC1=C(C2=CCCCCC2)CCCCC1.COC(=O)C1CO1. The fourth-order valence-electron chi connectivity index (χ4n) is 3.27. The normalized spacial score (nSPS) is 25.2. The van der Waals surface area contributed by atoms with Crippen LogP contribution in [-0.2, 0) is 14.3 Å². The maximum atomic E-state index is 10.2. The monoisotopic (exact) mass is 306 g/mol. The molecule has 1 heterocycles. The number of carbonyl (C=O) groups is 1. The van der Waals surface area contributed by atoms with Crippen molar-refractivity contribution in [3.05, 3.63) is 22.8 Å². The minimum absolute atomic E-state index is 0.245. The summed E-state index contributed by atoms with van der Waals surface area (Å²) in [4.78, 5) is 10.2. The number of allylic oxidation sites excluding steroid dienone is 4. The molecule has 0 radical (unpaired) electrons. The topological polar surface area (TPSA) is 38.8 Å². The molecule has 1 saturated heterocycles. The Morgan fingerprint density at radius 3 is 2.45 bits per heavy atom. The van der Waals surface area contributed by atoms with Crippen LogP contribution in [0.5, 0.6) is 0 Å². The number of methoxy groups -OCH3 is 1. The fraction of sp³-hybridized carbons (Fsp3) is 0.737. The summed E-state index contributed by atoms with van der Waals surface area (Å²) in [6.45, 7) is 2.90. The number of carbonyl (C=O) groups excluding carboxylic acids is 1. The summed E-state index contributed by atoms with van der Waals surface area (Å²) in [5.41, 5.74) is 5.15. The Morgan fingerprint density at radius 1 is 1.09 bits per heavy atom. The fourth-order valence-corrected chi connectivity index (χ4v) is 3.27. The van der Waals surface area contributed by atoms with Crippen molar-refractivity contribution in [2.75, 3.05) is 13.7 Å². The summed E-state index contributed by atoms with van der Waals surface area (Å²) in [5, 5.41) is 0. The highest BCUT2D eigenvalue weighted by molar-refractivity contribution is 5.76. The Balaban J connectivity index is 0.000000211. The average Bonchev–Trinajstić information content (AvgIpc) is 3.36. The third-order valence-electron chi connectivity index (χ3n) is 4.72. The molecule has 0 spiro atoms. The van der Waals surface area contributed by atoms with E-state index in [0.717, 1.165) is 0 Å². The van der Waals surface area contributed by atoms with E-state index in [1.807, 2.05) is 0 Å². The van der Waals surface area contributed by atoms with Gasteiger partial charge in [-0.05, 0) is 69.4 Å². The van der Waals surface area contributed by atoms with Crippen LogP contribution in [0.4, 0.5) is 0 Å². The first-order valence-corrected chi connectivity index (χ1v) is 8.80. The molecule has 1 unspecified atom stereocenters. The van der Waals surface area contributed by atoms with Gasteiger partial charge in [-0.2, -0.15) is 0 Å². The summed E-state index contributed by atoms with van der Waals surface area (Å²) in [5.74, 6) is -0.264. The summed E-state index contributed by atoms with van der Waals surface area (Å²) in [6, 6.07) is 0. The number of rotatable bonds is 2. The molecule has 0 saturated carbocycles. The van der Waals surface area contributed by atoms with Gasteiger partial charge < -0.3 is 9.47 Å². The van der Waals surface area contributed by atoms with Crippen molar-refractivity contribution in [3.8, 4) is 0 Å². The van der Waals surface area contributed by atoms with Crippen molar-refractivity contribution in [3.63, 3.8) is 0 Å². The van der Waals surface area contributed by atoms with Gasteiger partial charge in [0.25, 0.3) is 0 Å². The van der Waals surface area contributed by atoms with Crippen molar-refractivity contribution in [1.82, 2.24) is 0 Å². The predicted molar refractivity (Wildman–Crippen MR) is 88.7 cm³/mol. The molecule has 22 heavy (non-hydrogen) atoms. The van der Waals surface area contributed by atoms with E-state index < -0.39 is 0 Å². The van der Waals surface area contributed by atoms with E-state index in [4.69, 9.17) is 0 Å². The van der Waals surface area contributed by atoms with Gasteiger partial charge in [-0.1, -0.05) is 24.5 Å². The molecule has 0 N–H and O–H groups in total. The van der Waals surface area contributed by atoms with Crippen molar-refractivity contribution in [2.24, 2.45) is 0 Å². The molecular weight excluding hydrogens is 276 g/mol. The standard InChI is InChI=1S/C15H24.C4H6O3/c1-13-9-5-4-8-12-15(13)14-10-6-2-3-7-11-14;1-6-4(5)3-2-7-3/h10H,2-9,11-12H2,1H3;3H,2H2,1H3. The van der Waals surface area contributed by atoms with Gasteiger partial charge in [-0.3, -0.25) is 0 Å². The minimum Gasteiger partial charge on any atom is -0.467 e. The molecule has 1 aliphatic heterocycles. The highest BCUT2D eigenvalue weighted by Gasteiger charge is 2.31. The Labute approximate surface area is 134 Å². The van der Waals surface area contributed by atoms with E-state index in [0.29, 0.717) is 6.61 Å². The second-order valence-corrected chi connectivity index (χ2v) is 6.49. The van der Waals surface area contributed by atoms with Gasteiger partial charge >= 0.3 is 5.97 Å². The smallest absolute Gasteiger partial charge is 0.337 e. The maximum Gasteiger partial charge on any atom is 0.337 e. The third-order valence-corrected chi connectivity index (χ3v) is 4.72. The van der Waals surface area contributed by atoms with E-state index >= 15 is 0 Å². The number of hydrogen-bond acceptors (Lipinski definition) is 3. The molecule has 0 amide bonds. The zero-order valence-electron chi connectivity index (χ0n) is 14.2. The molecule has 0 aromatic heterocycles. The Kier molecular flexibility index (Phi) is 7.17. The third kappa shape index (κ3) is 5.60. The molecular formula is C19H30O3. The van der Waals surface area contributed by atoms with E-state index in [1.54, 1.807) is 16.7 Å². The first kappa shape index (κ1) is 17.3. The Bertz CT molecular complexity index is 430. The largest absolute Gasteiger partial charge is 0.467 e. The van der Waals surface area contributed by atoms with Crippen LogP contribution in [0.2, 0.25) is 0 Å². The van der Waals surface area contributed by atoms with Gasteiger partial charge in [-0.25, -0.2) is 4.79 Å². The number of esters is 1. The van der Waals surface area contributed by atoms with E-state index in [-0.39, 0.29) is 12.1 Å². The molecule has 0 bridgehead atoms. The van der Waals surface area contributed by atoms with Gasteiger partial charge in [0, 0.05) is 0 Å².